The summed E-state index contributed by atoms with van der Waals surface area (Å²) in [7, 11) is 1.36. The molecular weight excluding hydrogens is 238 g/mol. The summed E-state index contributed by atoms with van der Waals surface area (Å²) in [5.74, 6) is -0.376. The van der Waals surface area contributed by atoms with Crippen molar-refractivity contribution in [1.29, 1.82) is 0 Å². The van der Waals surface area contributed by atoms with Gasteiger partial charge in [0.2, 0.25) is 0 Å². The molecule has 0 aromatic heterocycles. The zero-order valence-corrected chi connectivity index (χ0v) is 11.2. The van der Waals surface area contributed by atoms with Gasteiger partial charge in [0.25, 0.3) is 0 Å². The van der Waals surface area contributed by atoms with E-state index in [1.807, 2.05) is 0 Å². The number of hydrogen-bond donors (Lipinski definition) is 1. The first-order valence-electron chi connectivity index (χ1n) is 5.72. The number of halogens is 1. The molecule has 1 atom stereocenters. The van der Waals surface area contributed by atoms with E-state index in [1.165, 1.54) is 7.11 Å². The highest BCUT2D eigenvalue weighted by molar-refractivity contribution is 6.31. The summed E-state index contributed by atoms with van der Waals surface area (Å²) in [5, 5.41) is 3.82. The summed E-state index contributed by atoms with van der Waals surface area (Å²) < 4.78 is 4.74. The van der Waals surface area contributed by atoms with E-state index in [2.05, 4.69) is 19.2 Å². The fourth-order valence-electron chi connectivity index (χ4n) is 1.69. The second kappa shape index (κ2) is 6.50. The number of carbonyl (C=O) groups is 1. The molecule has 0 spiro atoms. The fraction of sp³-hybridized carbons (Fsp3) is 0.462. The van der Waals surface area contributed by atoms with Gasteiger partial charge in [-0.1, -0.05) is 24.9 Å². The zero-order chi connectivity index (χ0) is 12.8. The van der Waals surface area contributed by atoms with Crippen molar-refractivity contribution in [1.82, 2.24) is 0 Å². The van der Waals surface area contributed by atoms with Gasteiger partial charge >= 0.3 is 5.97 Å². The fourth-order valence-corrected chi connectivity index (χ4v) is 1.86. The Morgan fingerprint density at radius 2 is 2.24 bits per heavy atom. The van der Waals surface area contributed by atoms with E-state index in [1.54, 1.807) is 18.2 Å². The Morgan fingerprint density at radius 3 is 2.82 bits per heavy atom. The minimum Gasteiger partial charge on any atom is -0.465 e. The summed E-state index contributed by atoms with van der Waals surface area (Å²) >= 11 is 5.88. The molecule has 94 valence electrons. The van der Waals surface area contributed by atoms with Crippen LogP contribution in [0.25, 0.3) is 0 Å². The highest BCUT2D eigenvalue weighted by Crippen LogP contribution is 2.22. The van der Waals surface area contributed by atoms with Gasteiger partial charge in [0.05, 0.1) is 12.7 Å². The lowest BCUT2D eigenvalue weighted by Crippen LogP contribution is -2.17. The Balaban J connectivity index is 2.94. The van der Waals surface area contributed by atoms with Crippen molar-refractivity contribution >= 4 is 23.3 Å². The molecular formula is C13H18ClNO2. The number of esters is 1. The minimum absolute atomic E-state index is 0.310. The molecule has 0 saturated heterocycles. The van der Waals surface area contributed by atoms with Crippen molar-refractivity contribution < 1.29 is 9.53 Å². The number of rotatable bonds is 5. The maximum absolute atomic E-state index is 11.6. The van der Waals surface area contributed by atoms with Gasteiger partial charge < -0.3 is 10.1 Å². The molecule has 0 bridgehead atoms. The van der Waals surface area contributed by atoms with Crippen LogP contribution < -0.4 is 5.32 Å². The van der Waals surface area contributed by atoms with Gasteiger partial charge in [0.15, 0.2) is 0 Å². The standard InChI is InChI=1S/C13H18ClNO2/c1-4-5-9(2)15-12-7-6-10(14)8-11(12)13(16)17-3/h6-9,15H,4-5H2,1-3H3. The molecule has 0 aliphatic heterocycles. The van der Waals surface area contributed by atoms with Crippen molar-refractivity contribution in [2.24, 2.45) is 0 Å². The van der Waals surface area contributed by atoms with E-state index in [9.17, 15) is 4.79 Å². The molecule has 1 aromatic rings. The molecule has 1 rings (SSSR count). The number of benzene rings is 1. The van der Waals surface area contributed by atoms with Crippen LogP contribution in [0.3, 0.4) is 0 Å². The van der Waals surface area contributed by atoms with E-state index in [-0.39, 0.29) is 5.97 Å². The second-order valence-corrected chi connectivity index (χ2v) is 4.45. The van der Waals surface area contributed by atoms with Crippen LogP contribution in [0, 0.1) is 0 Å². The number of carbonyl (C=O) groups excluding carboxylic acids is 1. The molecule has 17 heavy (non-hydrogen) atoms. The third-order valence-electron chi connectivity index (χ3n) is 2.51. The highest BCUT2D eigenvalue weighted by atomic mass is 35.5. The highest BCUT2D eigenvalue weighted by Gasteiger charge is 2.13. The van der Waals surface area contributed by atoms with Gasteiger partial charge in [-0.15, -0.1) is 0 Å². The van der Waals surface area contributed by atoms with E-state index >= 15 is 0 Å². The summed E-state index contributed by atoms with van der Waals surface area (Å²) in [6.07, 6.45) is 2.14. The molecule has 0 aliphatic rings. The molecule has 0 radical (unpaired) electrons. The Bertz CT molecular complexity index is 393. The monoisotopic (exact) mass is 255 g/mol. The van der Waals surface area contributed by atoms with Crippen LogP contribution in [-0.4, -0.2) is 19.1 Å². The van der Waals surface area contributed by atoms with Crippen LogP contribution in [0.1, 0.15) is 37.0 Å². The number of hydrogen-bond acceptors (Lipinski definition) is 3. The van der Waals surface area contributed by atoms with Gasteiger partial charge in [-0.3, -0.25) is 0 Å². The summed E-state index contributed by atoms with van der Waals surface area (Å²) in [4.78, 5) is 11.6. The third-order valence-corrected chi connectivity index (χ3v) is 2.75. The predicted octanol–water partition coefficient (Wildman–Crippen LogP) is 3.73. The van der Waals surface area contributed by atoms with Crippen LogP contribution >= 0.6 is 11.6 Å². The van der Waals surface area contributed by atoms with Gasteiger partial charge in [0.1, 0.15) is 0 Å². The lowest BCUT2D eigenvalue weighted by Gasteiger charge is -2.16. The van der Waals surface area contributed by atoms with Crippen LogP contribution in [0.5, 0.6) is 0 Å². The number of ether oxygens (including phenoxy) is 1. The molecule has 0 aliphatic carbocycles. The van der Waals surface area contributed by atoms with E-state index in [0.717, 1.165) is 18.5 Å². The number of nitrogens with one attached hydrogen (secondary N) is 1. The maximum Gasteiger partial charge on any atom is 0.340 e. The van der Waals surface area contributed by atoms with Gasteiger partial charge in [-0.2, -0.15) is 0 Å². The topological polar surface area (TPSA) is 38.3 Å². The first-order valence-corrected chi connectivity index (χ1v) is 6.10. The first-order chi connectivity index (χ1) is 8.08. The van der Waals surface area contributed by atoms with Gasteiger partial charge in [0, 0.05) is 16.8 Å². The predicted molar refractivity (Wildman–Crippen MR) is 70.8 cm³/mol. The molecule has 1 N–H and O–H groups in total. The van der Waals surface area contributed by atoms with Crippen molar-refractivity contribution in [2.45, 2.75) is 32.7 Å². The van der Waals surface area contributed by atoms with Crippen LogP contribution in [-0.2, 0) is 4.74 Å². The molecule has 1 aromatic carbocycles. The van der Waals surface area contributed by atoms with E-state index in [4.69, 9.17) is 16.3 Å². The summed E-state index contributed by atoms with van der Waals surface area (Å²) in [6, 6.07) is 5.49. The number of methoxy groups -OCH3 is 1. The molecule has 0 heterocycles. The van der Waals surface area contributed by atoms with Crippen LogP contribution in [0.15, 0.2) is 18.2 Å². The van der Waals surface area contributed by atoms with E-state index < -0.39 is 0 Å². The minimum atomic E-state index is -0.376. The normalized spacial score (nSPS) is 12.0. The quantitative estimate of drug-likeness (QED) is 0.815. The molecule has 3 nitrogen and oxygen atoms in total. The van der Waals surface area contributed by atoms with Crippen LogP contribution in [0.2, 0.25) is 5.02 Å². The lowest BCUT2D eigenvalue weighted by atomic mass is 10.1. The maximum atomic E-state index is 11.6. The molecule has 0 saturated carbocycles. The second-order valence-electron chi connectivity index (χ2n) is 4.02. The average Bonchev–Trinajstić information content (AvgIpc) is 2.30. The Kier molecular flexibility index (Phi) is 5.29. The van der Waals surface area contributed by atoms with Gasteiger partial charge in [-0.25, -0.2) is 4.79 Å². The van der Waals surface area contributed by atoms with Crippen molar-refractivity contribution in [3.8, 4) is 0 Å². The van der Waals surface area contributed by atoms with E-state index in [0.29, 0.717) is 16.6 Å². The average molecular weight is 256 g/mol. The Hall–Kier alpha value is -1.22. The zero-order valence-electron chi connectivity index (χ0n) is 10.4. The SMILES string of the molecule is CCCC(C)Nc1ccc(Cl)cc1C(=O)OC. The van der Waals surface area contributed by atoms with Crippen molar-refractivity contribution in [2.75, 3.05) is 12.4 Å². The largest absolute Gasteiger partial charge is 0.465 e. The third kappa shape index (κ3) is 3.93. The molecule has 0 amide bonds. The van der Waals surface area contributed by atoms with Crippen molar-refractivity contribution in [3.63, 3.8) is 0 Å². The number of anilines is 1. The lowest BCUT2D eigenvalue weighted by molar-refractivity contribution is 0.0602. The van der Waals surface area contributed by atoms with Crippen molar-refractivity contribution in [3.05, 3.63) is 28.8 Å². The Morgan fingerprint density at radius 1 is 1.53 bits per heavy atom. The summed E-state index contributed by atoms with van der Waals surface area (Å²) in [5.41, 5.74) is 1.24. The molecule has 1 unspecified atom stereocenters. The van der Waals surface area contributed by atoms with Gasteiger partial charge in [-0.05, 0) is 31.5 Å². The first kappa shape index (κ1) is 13.8. The van der Waals surface area contributed by atoms with Crippen LogP contribution in [0.4, 0.5) is 5.69 Å². The molecule has 0 fully saturated rings. The smallest absolute Gasteiger partial charge is 0.340 e. The molecule has 4 heteroatoms. The Labute approximate surface area is 107 Å². The summed E-state index contributed by atoms with van der Waals surface area (Å²) in [6.45, 7) is 4.21.